The van der Waals surface area contributed by atoms with Gasteiger partial charge in [0, 0.05) is 16.6 Å². The minimum absolute atomic E-state index is 0.121. The van der Waals surface area contributed by atoms with E-state index in [9.17, 15) is 4.39 Å². The number of aromatic nitrogens is 1. The molecule has 0 saturated heterocycles. The van der Waals surface area contributed by atoms with E-state index in [2.05, 4.69) is 25.8 Å². The number of thiazole rings is 1. The van der Waals surface area contributed by atoms with Crippen molar-refractivity contribution >= 4 is 11.3 Å². The van der Waals surface area contributed by atoms with Gasteiger partial charge >= 0.3 is 0 Å². The molecule has 16 heavy (non-hydrogen) atoms. The van der Waals surface area contributed by atoms with Gasteiger partial charge in [0.2, 0.25) is 0 Å². The van der Waals surface area contributed by atoms with Gasteiger partial charge in [-0.25, -0.2) is 9.37 Å². The summed E-state index contributed by atoms with van der Waals surface area (Å²) < 4.78 is 12.8. The van der Waals surface area contributed by atoms with Crippen LogP contribution in [0.1, 0.15) is 25.6 Å². The van der Waals surface area contributed by atoms with Crippen LogP contribution in [-0.2, 0) is 5.41 Å². The highest BCUT2D eigenvalue weighted by Gasteiger charge is 2.17. The van der Waals surface area contributed by atoms with Crippen LogP contribution < -0.4 is 0 Å². The molecule has 0 bridgehead atoms. The molecule has 0 saturated carbocycles. The van der Waals surface area contributed by atoms with Gasteiger partial charge in [-0.3, -0.25) is 0 Å². The van der Waals surface area contributed by atoms with Gasteiger partial charge in [-0.2, -0.15) is 0 Å². The molecule has 2 rings (SSSR count). The second-order valence-corrected chi connectivity index (χ2v) is 5.82. The lowest BCUT2D eigenvalue weighted by Crippen LogP contribution is -2.07. The highest BCUT2D eigenvalue weighted by molar-refractivity contribution is 7.15. The molecule has 0 fully saturated rings. The fraction of sp³-hybridized carbons (Fsp3) is 0.308. The van der Waals surface area contributed by atoms with Gasteiger partial charge in [-0.1, -0.05) is 20.8 Å². The molecule has 0 radical (unpaired) electrons. The first-order valence-corrected chi connectivity index (χ1v) is 6.01. The van der Waals surface area contributed by atoms with Crippen molar-refractivity contribution in [1.82, 2.24) is 4.98 Å². The van der Waals surface area contributed by atoms with Crippen LogP contribution in [0.3, 0.4) is 0 Å². The molecule has 3 heteroatoms. The lowest BCUT2D eigenvalue weighted by Gasteiger charge is -2.14. The molecule has 0 aliphatic rings. The van der Waals surface area contributed by atoms with E-state index in [0.717, 1.165) is 10.6 Å². The number of nitrogens with zero attached hydrogens (tertiary/aromatic N) is 1. The molecule has 1 nitrogen and oxygen atoms in total. The summed E-state index contributed by atoms with van der Waals surface area (Å²) >= 11 is 1.67. The summed E-state index contributed by atoms with van der Waals surface area (Å²) in [7, 11) is 0. The Morgan fingerprint density at radius 3 is 2.25 bits per heavy atom. The van der Waals surface area contributed by atoms with Crippen LogP contribution in [-0.4, -0.2) is 4.98 Å². The monoisotopic (exact) mass is 235 g/mol. The van der Waals surface area contributed by atoms with Gasteiger partial charge in [0.25, 0.3) is 0 Å². The number of rotatable bonds is 1. The molecule has 1 aromatic carbocycles. The van der Waals surface area contributed by atoms with E-state index >= 15 is 0 Å². The van der Waals surface area contributed by atoms with Crippen LogP contribution in [0, 0.1) is 5.82 Å². The second kappa shape index (κ2) is 3.98. The Morgan fingerprint density at radius 2 is 1.75 bits per heavy atom. The molecule has 0 aliphatic heterocycles. The number of hydrogen-bond donors (Lipinski definition) is 0. The topological polar surface area (TPSA) is 12.9 Å². The summed E-state index contributed by atoms with van der Waals surface area (Å²) in [4.78, 5) is 5.62. The second-order valence-electron chi connectivity index (χ2n) is 4.79. The molecule has 0 atom stereocenters. The zero-order valence-electron chi connectivity index (χ0n) is 9.62. The van der Waals surface area contributed by atoms with Crippen LogP contribution in [0.15, 0.2) is 30.5 Å². The van der Waals surface area contributed by atoms with Crippen LogP contribution in [0.4, 0.5) is 4.39 Å². The van der Waals surface area contributed by atoms with Crippen molar-refractivity contribution < 1.29 is 4.39 Å². The average Bonchev–Trinajstić information content (AvgIpc) is 2.67. The van der Waals surface area contributed by atoms with Crippen LogP contribution in [0.5, 0.6) is 0 Å². The molecule has 0 spiro atoms. The SMILES string of the molecule is CC(C)(C)c1cnc(-c2ccc(F)cc2)s1. The minimum atomic E-state index is -0.212. The first-order valence-electron chi connectivity index (χ1n) is 5.19. The van der Waals surface area contributed by atoms with Gasteiger partial charge in [-0.15, -0.1) is 11.3 Å². The highest BCUT2D eigenvalue weighted by Crippen LogP contribution is 2.32. The predicted octanol–water partition coefficient (Wildman–Crippen LogP) is 4.25. The van der Waals surface area contributed by atoms with Gasteiger partial charge < -0.3 is 0 Å². The lowest BCUT2D eigenvalue weighted by atomic mass is 9.96. The summed E-state index contributed by atoms with van der Waals surface area (Å²) in [5.74, 6) is -0.212. The van der Waals surface area contributed by atoms with Crippen LogP contribution in [0.25, 0.3) is 10.6 Å². The zero-order chi connectivity index (χ0) is 11.8. The maximum absolute atomic E-state index is 12.8. The van der Waals surface area contributed by atoms with Crippen molar-refractivity contribution in [3.63, 3.8) is 0 Å². The Bertz CT molecular complexity index is 479. The number of hydrogen-bond acceptors (Lipinski definition) is 2. The fourth-order valence-corrected chi connectivity index (χ4v) is 2.33. The average molecular weight is 235 g/mol. The molecule has 0 unspecified atom stereocenters. The van der Waals surface area contributed by atoms with Gasteiger partial charge in [0.05, 0.1) is 0 Å². The van der Waals surface area contributed by atoms with Gasteiger partial charge in [-0.05, 0) is 29.7 Å². The molecule has 84 valence electrons. The fourth-order valence-electron chi connectivity index (χ4n) is 1.35. The predicted molar refractivity (Wildman–Crippen MR) is 66.2 cm³/mol. The summed E-state index contributed by atoms with van der Waals surface area (Å²) in [5, 5.41) is 0.949. The molecule has 2 aromatic rings. The van der Waals surface area contributed by atoms with E-state index in [1.807, 2.05) is 6.20 Å². The number of halogens is 1. The maximum Gasteiger partial charge on any atom is 0.123 e. The molecule has 0 aliphatic carbocycles. The minimum Gasteiger partial charge on any atom is -0.244 e. The molecule has 1 aromatic heterocycles. The van der Waals surface area contributed by atoms with E-state index in [0.29, 0.717) is 0 Å². The van der Waals surface area contributed by atoms with Crippen molar-refractivity contribution in [2.45, 2.75) is 26.2 Å². The Kier molecular flexibility index (Phi) is 2.80. The summed E-state index contributed by atoms with van der Waals surface area (Å²) in [5.41, 5.74) is 1.09. The molecular weight excluding hydrogens is 221 g/mol. The van der Waals surface area contributed by atoms with E-state index in [4.69, 9.17) is 0 Å². The van der Waals surface area contributed by atoms with Crippen LogP contribution in [0.2, 0.25) is 0 Å². The first-order chi connectivity index (χ1) is 7.47. The quantitative estimate of drug-likeness (QED) is 0.720. The summed E-state index contributed by atoms with van der Waals surface area (Å²) in [6, 6.07) is 6.46. The largest absolute Gasteiger partial charge is 0.244 e. The third kappa shape index (κ3) is 2.30. The molecular formula is C13H14FNS. The van der Waals surface area contributed by atoms with E-state index in [-0.39, 0.29) is 11.2 Å². The lowest BCUT2D eigenvalue weighted by molar-refractivity contribution is 0.602. The highest BCUT2D eigenvalue weighted by atomic mass is 32.1. The van der Waals surface area contributed by atoms with Gasteiger partial charge in [0.15, 0.2) is 0 Å². The third-order valence-corrected chi connectivity index (χ3v) is 3.81. The molecule has 0 N–H and O–H groups in total. The number of benzene rings is 1. The normalized spacial score (nSPS) is 11.8. The molecule has 1 heterocycles. The Labute approximate surface area is 99.0 Å². The van der Waals surface area contributed by atoms with Crippen molar-refractivity contribution in [2.24, 2.45) is 0 Å². The van der Waals surface area contributed by atoms with Crippen LogP contribution >= 0.6 is 11.3 Å². The van der Waals surface area contributed by atoms with Crippen molar-refractivity contribution in [1.29, 1.82) is 0 Å². The van der Waals surface area contributed by atoms with E-state index < -0.39 is 0 Å². The van der Waals surface area contributed by atoms with Crippen molar-refractivity contribution in [3.05, 3.63) is 41.2 Å². The van der Waals surface area contributed by atoms with E-state index in [1.165, 1.54) is 17.0 Å². The Hall–Kier alpha value is -1.22. The summed E-state index contributed by atoms with van der Waals surface area (Å²) in [6.45, 7) is 6.48. The maximum atomic E-state index is 12.8. The standard InChI is InChI=1S/C13H14FNS/c1-13(2,3)11-8-15-12(16-11)9-4-6-10(14)7-5-9/h4-8H,1-3H3. The smallest absolute Gasteiger partial charge is 0.123 e. The third-order valence-electron chi connectivity index (χ3n) is 2.34. The van der Waals surface area contributed by atoms with Crippen molar-refractivity contribution in [3.8, 4) is 10.6 Å². The van der Waals surface area contributed by atoms with E-state index in [1.54, 1.807) is 23.5 Å². The Balaban J connectivity index is 2.35. The van der Waals surface area contributed by atoms with Gasteiger partial charge in [0.1, 0.15) is 10.8 Å². The zero-order valence-corrected chi connectivity index (χ0v) is 10.4. The Morgan fingerprint density at radius 1 is 1.12 bits per heavy atom. The molecule has 0 amide bonds. The summed E-state index contributed by atoms with van der Waals surface area (Å²) in [6.07, 6.45) is 1.91. The first kappa shape index (κ1) is 11.3. The van der Waals surface area contributed by atoms with Crippen molar-refractivity contribution in [2.75, 3.05) is 0 Å².